The van der Waals surface area contributed by atoms with Crippen LogP contribution in [0.1, 0.15) is 19.8 Å². The Morgan fingerprint density at radius 1 is 1.18 bits per heavy atom. The Labute approximate surface area is 103 Å². The van der Waals surface area contributed by atoms with E-state index in [2.05, 4.69) is 11.8 Å². The van der Waals surface area contributed by atoms with Crippen LogP contribution in [0.2, 0.25) is 0 Å². The molecular weight excluding hydrogens is 220 g/mol. The van der Waals surface area contributed by atoms with Gasteiger partial charge in [-0.15, -0.1) is 0 Å². The fourth-order valence-electron chi connectivity index (χ4n) is 2.04. The minimum absolute atomic E-state index is 0.167. The van der Waals surface area contributed by atoms with Crippen molar-refractivity contribution in [1.82, 2.24) is 9.80 Å². The van der Waals surface area contributed by atoms with Gasteiger partial charge in [-0.05, 0) is 19.4 Å². The number of aliphatic carboxylic acids is 1. The van der Waals surface area contributed by atoms with Crippen LogP contribution < -0.4 is 0 Å². The largest absolute Gasteiger partial charge is 0.480 e. The zero-order valence-electron chi connectivity index (χ0n) is 10.7. The molecule has 5 nitrogen and oxygen atoms in total. The van der Waals surface area contributed by atoms with Crippen molar-refractivity contribution >= 4 is 5.97 Å². The molecule has 0 spiro atoms. The van der Waals surface area contributed by atoms with Crippen molar-refractivity contribution in [2.45, 2.75) is 19.8 Å². The van der Waals surface area contributed by atoms with E-state index in [1.54, 1.807) is 0 Å². The molecule has 100 valence electrons. The van der Waals surface area contributed by atoms with Crippen LogP contribution in [0.3, 0.4) is 0 Å². The van der Waals surface area contributed by atoms with Crippen molar-refractivity contribution < 1.29 is 14.6 Å². The minimum atomic E-state index is -0.732. The predicted molar refractivity (Wildman–Crippen MR) is 66.2 cm³/mol. The summed E-state index contributed by atoms with van der Waals surface area (Å²) in [7, 11) is 0. The first-order valence-corrected chi connectivity index (χ1v) is 6.46. The van der Waals surface area contributed by atoms with Crippen LogP contribution in [0.25, 0.3) is 0 Å². The summed E-state index contributed by atoms with van der Waals surface area (Å²) in [5.74, 6) is -0.732. The summed E-state index contributed by atoms with van der Waals surface area (Å²) in [4.78, 5) is 15.0. The number of carbonyl (C=O) groups is 1. The standard InChI is InChI=1S/C12H24N2O3/c1-2-9-17-10-8-13-4-3-5-14(7-6-13)11-12(15)16/h2-11H2,1H3,(H,15,16). The molecule has 1 aliphatic rings. The van der Waals surface area contributed by atoms with Crippen LogP contribution >= 0.6 is 0 Å². The third-order valence-electron chi connectivity index (χ3n) is 2.94. The Bertz CT molecular complexity index is 224. The molecule has 0 saturated carbocycles. The lowest BCUT2D eigenvalue weighted by Gasteiger charge is -2.20. The highest BCUT2D eigenvalue weighted by Crippen LogP contribution is 2.02. The molecule has 1 fully saturated rings. The normalized spacial score (nSPS) is 19.1. The third kappa shape index (κ3) is 6.61. The third-order valence-corrected chi connectivity index (χ3v) is 2.94. The van der Waals surface area contributed by atoms with Crippen LogP contribution in [-0.4, -0.2) is 73.4 Å². The molecule has 5 heteroatoms. The average Bonchev–Trinajstić information content (AvgIpc) is 2.50. The van der Waals surface area contributed by atoms with E-state index >= 15 is 0 Å². The van der Waals surface area contributed by atoms with Crippen LogP contribution in [0, 0.1) is 0 Å². The molecule has 0 radical (unpaired) electrons. The van der Waals surface area contributed by atoms with Crippen molar-refractivity contribution in [2.75, 3.05) is 52.5 Å². The molecule has 0 bridgehead atoms. The Kier molecular flexibility index (Phi) is 7.16. The number of carboxylic acid groups (broad SMARTS) is 1. The molecule has 1 saturated heterocycles. The van der Waals surface area contributed by atoms with E-state index in [1.165, 1.54) is 0 Å². The summed E-state index contributed by atoms with van der Waals surface area (Å²) >= 11 is 0. The number of ether oxygens (including phenoxy) is 1. The zero-order chi connectivity index (χ0) is 12.5. The van der Waals surface area contributed by atoms with E-state index < -0.39 is 5.97 Å². The Balaban J connectivity index is 2.16. The van der Waals surface area contributed by atoms with E-state index in [0.717, 1.165) is 58.8 Å². The fraction of sp³-hybridized carbons (Fsp3) is 0.917. The number of carboxylic acids is 1. The highest BCUT2D eigenvalue weighted by molar-refractivity contribution is 5.69. The predicted octanol–water partition coefficient (Wildman–Crippen LogP) is 0.505. The van der Waals surface area contributed by atoms with Crippen molar-refractivity contribution in [2.24, 2.45) is 0 Å². The summed E-state index contributed by atoms with van der Waals surface area (Å²) in [6.07, 6.45) is 2.10. The van der Waals surface area contributed by atoms with Gasteiger partial charge < -0.3 is 9.84 Å². The maximum atomic E-state index is 10.6. The number of rotatable bonds is 7. The molecule has 0 aromatic rings. The average molecular weight is 244 g/mol. The molecule has 0 atom stereocenters. The Morgan fingerprint density at radius 3 is 2.59 bits per heavy atom. The van der Waals surface area contributed by atoms with E-state index in [9.17, 15) is 4.79 Å². The van der Waals surface area contributed by atoms with Gasteiger partial charge in [-0.3, -0.25) is 14.6 Å². The smallest absolute Gasteiger partial charge is 0.317 e. The van der Waals surface area contributed by atoms with Gasteiger partial charge in [0.2, 0.25) is 0 Å². The van der Waals surface area contributed by atoms with Crippen LogP contribution in [0.4, 0.5) is 0 Å². The van der Waals surface area contributed by atoms with Gasteiger partial charge >= 0.3 is 5.97 Å². The first kappa shape index (κ1) is 14.4. The maximum absolute atomic E-state index is 10.6. The summed E-state index contributed by atoms with van der Waals surface area (Å²) in [5.41, 5.74) is 0. The zero-order valence-corrected chi connectivity index (χ0v) is 10.7. The van der Waals surface area contributed by atoms with Gasteiger partial charge in [-0.25, -0.2) is 0 Å². The SMILES string of the molecule is CCCOCCN1CCCN(CC(=O)O)CC1. The molecule has 0 aromatic carbocycles. The topological polar surface area (TPSA) is 53.0 Å². The molecule has 1 heterocycles. The van der Waals surface area contributed by atoms with Crippen LogP contribution in [0.5, 0.6) is 0 Å². The molecule has 17 heavy (non-hydrogen) atoms. The summed E-state index contributed by atoms with van der Waals surface area (Å²) in [6.45, 7) is 8.58. The first-order chi connectivity index (χ1) is 8.22. The second kappa shape index (κ2) is 8.44. The van der Waals surface area contributed by atoms with Crippen molar-refractivity contribution in [3.8, 4) is 0 Å². The van der Waals surface area contributed by atoms with E-state index in [4.69, 9.17) is 9.84 Å². The van der Waals surface area contributed by atoms with Crippen molar-refractivity contribution in [3.05, 3.63) is 0 Å². The van der Waals surface area contributed by atoms with E-state index in [0.29, 0.717) is 0 Å². The quantitative estimate of drug-likeness (QED) is 0.661. The van der Waals surface area contributed by atoms with Crippen molar-refractivity contribution in [3.63, 3.8) is 0 Å². The second-order valence-corrected chi connectivity index (χ2v) is 4.48. The summed E-state index contributed by atoms with van der Waals surface area (Å²) < 4.78 is 5.47. The number of nitrogens with zero attached hydrogens (tertiary/aromatic N) is 2. The van der Waals surface area contributed by atoms with E-state index in [1.807, 2.05) is 4.90 Å². The highest BCUT2D eigenvalue weighted by Gasteiger charge is 2.16. The lowest BCUT2D eigenvalue weighted by atomic mass is 10.4. The van der Waals surface area contributed by atoms with Gasteiger partial charge in [0.15, 0.2) is 0 Å². The van der Waals surface area contributed by atoms with Crippen molar-refractivity contribution in [1.29, 1.82) is 0 Å². The molecule has 0 amide bonds. The van der Waals surface area contributed by atoms with Gasteiger partial charge in [-0.1, -0.05) is 6.92 Å². The molecule has 1 rings (SSSR count). The lowest BCUT2D eigenvalue weighted by molar-refractivity contribution is -0.138. The Morgan fingerprint density at radius 2 is 1.88 bits per heavy atom. The van der Waals surface area contributed by atoms with Crippen LogP contribution in [0.15, 0.2) is 0 Å². The maximum Gasteiger partial charge on any atom is 0.317 e. The second-order valence-electron chi connectivity index (χ2n) is 4.48. The summed E-state index contributed by atoms with van der Waals surface area (Å²) in [5, 5.41) is 8.75. The van der Waals surface area contributed by atoms with Gasteiger partial charge in [0.1, 0.15) is 0 Å². The molecule has 1 N–H and O–H groups in total. The lowest BCUT2D eigenvalue weighted by Crippen LogP contribution is -2.35. The molecule has 0 aromatic heterocycles. The minimum Gasteiger partial charge on any atom is -0.480 e. The Hall–Kier alpha value is -0.650. The molecule has 0 aliphatic carbocycles. The highest BCUT2D eigenvalue weighted by atomic mass is 16.5. The van der Waals surface area contributed by atoms with E-state index in [-0.39, 0.29) is 6.54 Å². The monoisotopic (exact) mass is 244 g/mol. The fourth-order valence-corrected chi connectivity index (χ4v) is 2.04. The van der Waals surface area contributed by atoms with Gasteiger partial charge in [-0.2, -0.15) is 0 Å². The molecular formula is C12H24N2O3. The van der Waals surface area contributed by atoms with Gasteiger partial charge in [0, 0.05) is 32.8 Å². The van der Waals surface area contributed by atoms with Gasteiger partial charge in [0.05, 0.1) is 13.2 Å². The molecule has 1 aliphatic heterocycles. The number of hydrogen-bond acceptors (Lipinski definition) is 4. The summed E-state index contributed by atoms with van der Waals surface area (Å²) in [6, 6.07) is 0. The van der Waals surface area contributed by atoms with Gasteiger partial charge in [0.25, 0.3) is 0 Å². The van der Waals surface area contributed by atoms with Crippen LogP contribution in [-0.2, 0) is 9.53 Å². The molecule has 0 unspecified atom stereocenters. The number of hydrogen-bond donors (Lipinski definition) is 1. The first-order valence-electron chi connectivity index (χ1n) is 6.46.